The number of halogens is 4. The Balaban J connectivity index is 2.29. The second-order valence-corrected chi connectivity index (χ2v) is 5.51. The van der Waals surface area contributed by atoms with Gasteiger partial charge in [-0.15, -0.1) is 23.2 Å². The molecule has 0 heterocycles. The van der Waals surface area contributed by atoms with E-state index in [-0.39, 0.29) is 5.41 Å². The van der Waals surface area contributed by atoms with E-state index in [0.717, 1.165) is 6.42 Å². The second kappa shape index (κ2) is 3.12. The summed E-state index contributed by atoms with van der Waals surface area (Å²) in [6.45, 7) is 2.33. The van der Waals surface area contributed by atoms with Crippen molar-refractivity contribution in [1.29, 1.82) is 0 Å². The zero-order valence-corrected chi connectivity index (χ0v) is 8.94. The van der Waals surface area contributed by atoms with Crippen molar-refractivity contribution >= 4 is 46.4 Å². The molecule has 0 aromatic rings. The molecular formula is C6H8Cl4O. The molecule has 0 radical (unpaired) electrons. The topological polar surface area (TPSA) is 9.23 Å². The lowest BCUT2D eigenvalue weighted by Crippen LogP contribution is -2.14. The third kappa shape index (κ3) is 2.28. The van der Waals surface area contributed by atoms with Crippen LogP contribution < -0.4 is 0 Å². The van der Waals surface area contributed by atoms with Crippen molar-refractivity contribution in [2.75, 3.05) is 6.61 Å². The Morgan fingerprint density at radius 1 is 1.45 bits per heavy atom. The maximum atomic E-state index is 5.83. The average molecular weight is 238 g/mol. The fraction of sp³-hybridized carbons (Fsp3) is 1.00. The van der Waals surface area contributed by atoms with Gasteiger partial charge < -0.3 is 4.74 Å². The third-order valence-electron chi connectivity index (χ3n) is 1.90. The predicted octanol–water partition coefficient (Wildman–Crippen LogP) is 3.35. The fourth-order valence-electron chi connectivity index (χ4n) is 0.849. The monoisotopic (exact) mass is 236 g/mol. The lowest BCUT2D eigenvalue weighted by Gasteiger charge is -2.12. The first kappa shape index (κ1) is 10.2. The number of hydrogen-bond donors (Lipinski definition) is 0. The first-order chi connectivity index (χ1) is 4.87. The number of rotatable bonds is 3. The molecule has 1 saturated carbocycles. The molecule has 1 rings (SSSR count). The zero-order chi connectivity index (χ0) is 8.70. The second-order valence-electron chi connectivity index (χ2n) is 3.01. The first-order valence-corrected chi connectivity index (χ1v) is 4.78. The molecule has 0 saturated heterocycles. The van der Waals surface area contributed by atoms with E-state index in [0.29, 0.717) is 6.61 Å². The normalized spacial score (nSPS) is 34.4. The molecule has 0 aromatic heterocycles. The summed E-state index contributed by atoms with van der Waals surface area (Å²) in [5.41, 5.74) is -0.182. The number of ether oxygens (including phenoxy) is 1. The minimum Gasteiger partial charge on any atom is -0.348 e. The van der Waals surface area contributed by atoms with Crippen molar-refractivity contribution in [3.63, 3.8) is 0 Å². The van der Waals surface area contributed by atoms with Crippen molar-refractivity contribution in [2.24, 2.45) is 5.41 Å². The highest BCUT2D eigenvalue weighted by Gasteiger charge is 2.63. The standard InChI is InChI=1S/C6H8Cl4O/c1-5(2-6(5,9)10)3-11-4(7)8/h4H,2-3H2,1H3. The summed E-state index contributed by atoms with van der Waals surface area (Å²) in [6, 6.07) is 0. The third-order valence-corrected chi connectivity index (χ3v) is 3.33. The van der Waals surface area contributed by atoms with Gasteiger partial charge in [-0.2, -0.15) is 0 Å². The summed E-state index contributed by atoms with van der Waals surface area (Å²) in [7, 11) is 0. The largest absolute Gasteiger partial charge is 0.348 e. The Bertz CT molecular complexity index is 159. The molecule has 1 atom stereocenters. The van der Waals surface area contributed by atoms with Crippen LogP contribution in [0.4, 0.5) is 0 Å². The molecule has 0 amide bonds. The quantitative estimate of drug-likeness (QED) is 0.685. The zero-order valence-electron chi connectivity index (χ0n) is 5.91. The Labute approximate surface area is 85.9 Å². The van der Waals surface area contributed by atoms with Gasteiger partial charge in [-0.1, -0.05) is 30.1 Å². The van der Waals surface area contributed by atoms with Gasteiger partial charge in [-0.25, -0.2) is 0 Å². The predicted molar refractivity (Wildman–Crippen MR) is 48.6 cm³/mol. The average Bonchev–Trinajstić information content (AvgIpc) is 2.29. The minimum atomic E-state index is -0.795. The van der Waals surface area contributed by atoms with E-state index in [4.69, 9.17) is 51.1 Å². The van der Waals surface area contributed by atoms with E-state index >= 15 is 0 Å². The molecule has 1 unspecified atom stereocenters. The maximum absolute atomic E-state index is 5.83. The summed E-state index contributed by atoms with van der Waals surface area (Å²) in [6.07, 6.45) is 0.726. The van der Waals surface area contributed by atoms with Crippen molar-refractivity contribution in [2.45, 2.75) is 22.7 Å². The molecule has 1 nitrogen and oxygen atoms in total. The van der Waals surface area contributed by atoms with Crippen LogP contribution in [-0.2, 0) is 4.74 Å². The van der Waals surface area contributed by atoms with Gasteiger partial charge in [0.2, 0.25) is 5.02 Å². The lowest BCUT2D eigenvalue weighted by molar-refractivity contribution is 0.112. The van der Waals surface area contributed by atoms with Gasteiger partial charge in [0.1, 0.15) is 4.33 Å². The molecular weight excluding hydrogens is 230 g/mol. The molecule has 0 aliphatic heterocycles. The number of alkyl halides is 4. The summed E-state index contributed by atoms with van der Waals surface area (Å²) in [5.74, 6) is 0. The Morgan fingerprint density at radius 2 is 1.91 bits per heavy atom. The molecule has 0 N–H and O–H groups in total. The Hall–Kier alpha value is 1.12. The molecule has 1 aliphatic rings. The van der Waals surface area contributed by atoms with Crippen molar-refractivity contribution < 1.29 is 4.74 Å². The molecule has 0 spiro atoms. The Morgan fingerprint density at radius 3 is 2.18 bits per heavy atom. The Kier molecular flexibility index (Phi) is 2.89. The smallest absolute Gasteiger partial charge is 0.206 e. The van der Waals surface area contributed by atoms with Gasteiger partial charge in [-0.3, -0.25) is 0 Å². The van der Waals surface area contributed by atoms with Crippen LogP contribution in [-0.4, -0.2) is 16.0 Å². The van der Waals surface area contributed by atoms with Crippen LogP contribution >= 0.6 is 46.4 Å². The van der Waals surface area contributed by atoms with Crippen LogP contribution in [0.25, 0.3) is 0 Å². The van der Waals surface area contributed by atoms with Gasteiger partial charge in [0.25, 0.3) is 0 Å². The van der Waals surface area contributed by atoms with Gasteiger partial charge in [0.05, 0.1) is 6.61 Å². The lowest BCUT2D eigenvalue weighted by atomic mass is 10.2. The number of hydrogen-bond acceptors (Lipinski definition) is 1. The fourth-order valence-corrected chi connectivity index (χ4v) is 1.67. The van der Waals surface area contributed by atoms with Gasteiger partial charge in [0, 0.05) is 5.41 Å². The van der Waals surface area contributed by atoms with Crippen LogP contribution in [0.1, 0.15) is 13.3 Å². The van der Waals surface area contributed by atoms with Crippen molar-refractivity contribution in [3.05, 3.63) is 0 Å². The molecule has 0 aromatic carbocycles. The molecule has 1 fully saturated rings. The van der Waals surface area contributed by atoms with Crippen LogP contribution in [0.5, 0.6) is 0 Å². The summed E-state index contributed by atoms with van der Waals surface area (Å²) in [5, 5.41) is -0.795. The highest BCUT2D eigenvalue weighted by Crippen LogP contribution is 2.63. The van der Waals surface area contributed by atoms with E-state index < -0.39 is 9.36 Å². The van der Waals surface area contributed by atoms with Crippen LogP contribution in [0.3, 0.4) is 0 Å². The maximum Gasteiger partial charge on any atom is 0.206 e. The highest BCUT2D eigenvalue weighted by molar-refractivity contribution is 6.51. The van der Waals surface area contributed by atoms with Crippen LogP contribution in [0.15, 0.2) is 0 Å². The van der Waals surface area contributed by atoms with E-state index in [1.807, 2.05) is 6.92 Å². The minimum absolute atomic E-state index is 0.182. The van der Waals surface area contributed by atoms with E-state index in [1.54, 1.807) is 0 Å². The summed E-state index contributed by atoms with van der Waals surface area (Å²) >= 11 is 22.4. The van der Waals surface area contributed by atoms with Crippen molar-refractivity contribution in [3.8, 4) is 0 Å². The highest BCUT2D eigenvalue weighted by atomic mass is 35.5. The summed E-state index contributed by atoms with van der Waals surface area (Å²) in [4.78, 5) is 0. The van der Waals surface area contributed by atoms with Gasteiger partial charge >= 0.3 is 0 Å². The van der Waals surface area contributed by atoms with E-state index in [2.05, 4.69) is 0 Å². The SMILES string of the molecule is CC1(COC(Cl)Cl)CC1(Cl)Cl. The van der Waals surface area contributed by atoms with E-state index in [9.17, 15) is 0 Å². The van der Waals surface area contributed by atoms with E-state index in [1.165, 1.54) is 0 Å². The molecule has 5 heteroatoms. The van der Waals surface area contributed by atoms with Gasteiger partial charge in [0.15, 0.2) is 0 Å². The van der Waals surface area contributed by atoms with Crippen LogP contribution in [0, 0.1) is 5.41 Å². The summed E-state index contributed by atoms with van der Waals surface area (Å²) < 4.78 is 4.31. The molecule has 0 bridgehead atoms. The molecule has 66 valence electrons. The molecule has 1 aliphatic carbocycles. The van der Waals surface area contributed by atoms with Crippen LogP contribution in [0.2, 0.25) is 0 Å². The van der Waals surface area contributed by atoms with Crippen molar-refractivity contribution in [1.82, 2.24) is 0 Å². The first-order valence-electron chi connectivity index (χ1n) is 3.15. The molecule has 11 heavy (non-hydrogen) atoms. The van der Waals surface area contributed by atoms with Gasteiger partial charge in [-0.05, 0) is 6.42 Å².